The van der Waals surface area contributed by atoms with Crippen LogP contribution in [0.2, 0.25) is 0 Å². The van der Waals surface area contributed by atoms with Crippen molar-refractivity contribution >= 4 is 11.8 Å². The lowest BCUT2D eigenvalue weighted by molar-refractivity contribution is -0.152. The van der Waals surface area contributed by atoms with Crippen molar-refractivity contribution in [1.29, 1.82) is 0 Å². The third-order valence-electron chi connectivity index (χ3n) is 6.36. The Balaban J connectivity index is 1.37. The first-order chi connectivity index (χ1) is 12.2. The number of ether oxygens (including phenoxy) is 3. The normalized spacial score (nSPS) is 39.5. The highest BCUT2D eigenvalue weighted by Crippen LogP contribution is 2.52. The van der Waals surface area contributed by atoms with E-state index in [0.29, 0.717) is 38.1 Å². The van der Waals surface area contributed by atoms with Gasteiger partial charge in [0.1, 0.15) is 0 Å². The number of hydrogen-bond acceptors (Lipinski definition) is 5. The molecule has 0 aromatic heterocycles. The Hall–Kier alpha value is -1.18. The molecule has 4 aliphatic rings. The number of carbonyl (C=O) groups excluding carboxylic acids is 2. The van der Waals surface area contributed by atoms with Gasteiger partial charge in [-0.15, -0.1) is 0 Å². The van der Waals surface area contributed by atoms with Crippen molar-refractivity contribution in [1.82, 2.24) is 10.2 Å². The second-order valence-electron chi connectivity index (χ2n) is 7.72. The first-order valence-electron chi connectivity index (χ1n) is 9.45. The summed E-state index contributed by atoms with van der Waals surface area (Å²) in [5.41, 5.74) is 0. The minimum Gasteiger partial charge on any atom is -0.383 e. The van der Waals surface area contributed by atoms with Crippen LogP contribution in [0.4, 0.5) is 0 Å². The smallest absolute Gasteiger partial charge is 0.226 e. The number of methoxy groups -OCH3 is 1. The van der Waals surface area contributed by atoms with Crippen molar-refractivity contribution in [2.75, 3.05) is 53.2 Å². The average molecular weight is 352 g/mol. The van der Waals surface area contributed by atoms with E-state index in [-0.39, 0.29) is 35.7 Å². The summed E-state index contributed by atoms with van der Waals surface area (Å²) in [4.78, 5) is 27.4. The van der Waals surface area contributed by atoms with Crippen LogP contribution in [-0.4, -0.2) is 76.0 Å². The fourth-order valence-corrected chi connectivity index (χ4v) is 4.86. The summed E-state index contributed by atoms with van der Waals surface area (Å²) in [5, 5.41) is 2.96. The molecule has 0 aromatic rings. The molecular formula is C18H28N2O5. The maximum atomic E-state index is 12.8. The molecule has 0 aromatic carbocycles. The van der Waals surface area contributed by atoms with Gasteiger partial charge < -0.3 is 24.4 Å². The predicted octanol–water partition coefficient (Wildman–Crippen LogP) is -0.105. The lowest BCUT2D eigenvalue weighted by Gasteiger charge is -2.44. The van der Waals surface area contributed by atoms with Crippen LogP contribution in [0.1, 0.15) is 12.8 Å². The first-order valence-corrected chi connectivity index (χ1v) is 9.45. The van der Waals surface area contributed by atoms with Gasteiger partial charge in [-0.05, 0) is 24.7 Å². The van der Waals surface area contributed by atoms with Crippen molar-refractivity contribution in [2.24, 2.45) is 29.6 Å². The molecule has 7 heteroatoms. The van der Waals surface area contributed by atoms with Crippen LogP contribution in [0, 0.1) is 29.6 Å². The second-order valence-corrected chi connectivity index (χ2v) is 7.72. The van der Waals surface area contributed by atoms with E-state index in [4.69, 9.17) is 14.2 Å². The summed E-state index contributed by atoms with van der Waals surface area (Å²) in [6, 6.07) is 0. The van der Waals surface area contributed by atoms with Crippen LogP contribution in [0.15, 0.2) is 0 Å². The summed E-state index contributed by atoms with van der Waals surface area (Å²) < 4.78 is 16.3. The van der Waals surface area contributed by atoms with Gasteiger partial charge in [-0.1, -0.05) is 0 Å². The number of piperidine rings is 1. The van der Waals surface area contributed by atoms with E-state index < -0.39 is 0 Å². The van der Waals surface area contributed by atoms with E-state index in [1.165, 1.54) is 0 Å². The van der Waals surface area contributed by atoms with E-state index in [1.54, 1.807) is 7.11 Å². The lowest BCUT2D eigenvalue weighted by Crippen LogP contribution is -2.55. The molecule has 3 saturated heterocycles. The molecular weight excluding hydrogens is 324 g/mol. The molecule has 6 atom stereocenters. The largest absolute Gasteiger partial charge is 0.383 e. The summed E-state index contributed by atoms with van der Waals surface area (Å²) in [7, 11) is 1.62. The van der Waals surface area contributed by atoms with Gasteiger partial charge in [0.2, 0.25) is 11.8 Å². The first kappa shape index (κ1) is 17.2. The molecule has 7 nitrogen and oxygen atoms in total. The van der Waals surface area contributed by atoms with Gasteiger partial charge in [-0.25, -0.2) is 0 Å². The van der Waals surface area contributed by atoms with E-state index in [9.17, 15) is 9.59 Å². The number of rotatable bonds is 5. The molecule has 140 valence electrons. The van der Waals surface area contributed by atoms with E-state index >= 15 is 0 Å². The molecule has 0 spiro atoms. The van der Waals surface area contributed by atoms with Crippen LogP contribution in [0.5, 0.6) is 0 Å². The third kappa shape index (κ3) is 3.29. The molecule has 1 N–H and O–H groups in total. The molecule has 4 rings (SSSR count). The Morgan fingerprint density at radius 1 is 1.20 bits per heavy atom. The Morgan fingerprint density at radius 3 is 2.76 bits per heavy atom. The van der Waals surface area contributed by atoms with Crippen LogP contribution in [-0.2, 0) is 23.8 Å². The Kier molecular flexibility index (Phi) is 4.97. The van der Waals surface area contributed by atoms with Gasteiger partial charge in [-0.3, -0.25) is 9.59 Å². The fraction of sp³-hybridized carbons (Fsp3) is 0.889. The van der Waals surface area contributed by atoms with E-state index in [0.717, 1.165) is 32.6 Å². The van der Waals surface area contributed by atoms with Gasteiger partial charge in [0.05, 0.1) is 25.9 Å². The van der Waals surface area contributed by atoms with Gasteiger partial charge in [0, 0.05) is 51.1 Å². The number of amides is 2. The van der Waals surface area contributed by atoms with E-state index in [2.05, 4.69) is 5.32 Å². The van der Waals surface area contributed by atoms with Crippen LogP contribution >= 0.6 is 0 Å². The number of nitrogens with zero attached hydrogens (tertiary/aromatic N) is 1. The molecule has 1 aliphatic carbocycles. The lowest BCUT2D eigenvalue weighted by atomic mass is 9.79. The molecule has 1 saturated carbocycles. The monoisotopic (exact) mass is 352 g/mol. The number of nitrogens with one attached hydrogen (secondary N) is 1. The maximum absolute atomic E-state index is 12.8. The molecule has 0 radical (unpaired) electrons. The Morgan fingerprint density at radius 2 is 2.00 bits per heavy atom. The quantitative estimate of drug-likeness (QED) is 0.699. The molecule has 4 fully saturated rings. The van der Waals surface area contributed by atoms with Crippen LogP contribution in [0.25, 0.3) is 0 Å². The Bertz CT molecular complexity index is 518. The Labute approximate surface area is 148 Å². The van der Waals surface area contributed by atoms with Crippen molar-refractivity contribution in [2.45, 2.75) is 18.9 Å². The summed E-state index contributed by atoms with van der Waals surface area (Å²) in [5.74, 6) is 1.38. The molecule has 3 heterocycles. The molecule has 0 bridgehead atoms. The van der Waals surface area contributed by atoms with E-state index in [1.807, 2.05) is 4.90 Å². The topological polar surface area (TPSA) is 77.1 Å². The third-order valence-corrected chi connectivity index (χ3v) is 6.36. The summed E-state index contributed by atoms with van der Waals surface area (Å²) in [6.07, 6.45) is 1.65. The standard InChI is InChI=1S/C18H28N2O5/c1-23-7-4-19-17(21)11-3-6-25-15-2-5-20(8-12(11)15)18(22)16-13-9-24-10-14(13)16/h11-16H,2-10H2,1H3,(H,19,21)/t11-,12+,13-,14+,15-,16?/m1/s1. The highest BCUT2D eigenvalue weighted by Gasteiger charge is 2.59. The zero-order valence-electron chi connectivity index (χ0n) is 14.8. The predicted molar refractivity (Wildman–Crippen MR) is 88.7 cm³/mol. The number of likely N-dealkylation sites (tertiary alicyclic amines) is 1. The zero-order chi connectivity index (χ0) is 17.4. The zero-order valence-corrected chi connectivity index (χ0v) is 14.8. The van der Waals surface area contributed by atoms with Gasteiger partial charge >= 0.3 is 0 Å². The molecule has 1 unspecified atom stereocenters. The summed E-state index contributed by atoms with van der Waals surface area (Å²) in [6.45, 7) is 4.51. The maximum Gasteiger partial charge on any atom is 0.226 e. The second kappa shape index (κ2) is 7.21. The number of fused-ring (bicyclic) bond motifs is 2. The van der Waals surface area contributed by atoms with Crippen molar-refractivity contribution < 1.29 is 23.8 Å². The minimum absolute atomic E-state index is 0.0707. The summed E-state index contributed by atoms with van der Waals surface area (Å²) >= 11 is 0. The molecule has 2 amide bonds. The molecule has 3 aliphatic heterocycles. The minimum atomic E-state index is -0.0757. The van der Waals surface area contributed by atoms with Crippen LogP contribution < -0.4 is 5.32 Å². The molecule has 25 heavy (non-hydrogen) atoms. The van der Waals surface area contributed by atoms with Crippen molar-refractivity contribution in [3.05, 3.63) is 0 Å². The van der Waals surface area contributed by atoms with Gasteiger partial charge in [-0.2, -0.15) is 0 Å². The number of hydrogen-bond donors (Lipinski definition) is 1. The highest BCUT2D eigenvalue weighted by molar-refractivity contribution is 5.83. The number of carbonyl (C=O) groups is 2. The van der Waals surface area contributed by atoms with Crippen molar-refractivity contribution in [3.8, 4) is 0 Å². The SMILES string of the molecule is COCCNC(=O)[C@@H]1CCO[C@@H]2CCN(C(=O)C3[C@H]4COC[C@@H]34)C[C@H]21. The highest BCUT2D eigenvalue weighted by atomic mass is 16.5. The van der Waals surface area contributed by atoms with Gasteiger partial charge in [0.25, 0.3) is 0 Å². The van der Waals surface area contributed by atoms with Crippen LogP contribution in [0.3, 0.4) is 0 Å². The average Bonchev–Trinajstić information content (AvgIpc) is 3.11. The van der Waals surface area contributed by atoms with Crippen molar-refractivity contribution in [3.63, 3.8) is 0 Å². The fourth-order valence-electron chi connectivity index (χ4n) is 4.86. The van der Waals surface area contributed by atoms with Gasteiger partial charge in [0.15, 0.2) is 0 Å².